The maximum absolute atomic E-state index is 5.32. The molecule has 0 aromatic rings. The fourth-order valence-electron chi connectivity index (χ4n) is 1.26. The predicted octanol–water partition coefficient (Wildman–Crippen LogP) is 2.44. The second-order valence-corrected chi connectivity index (χ2v) is 4.24. The van der Waals surface area contributed by atoms with Gasteiger partial charge in [-0.05, 0) is 17.8 Å². The first-order valence-corrected chi connectivity index (χ1v) is 4.92. The second kappa shape index (κ2) is 3.22. The fourth-order valence-corrected chi connectivity index (χ4v) is 1.72. The monoisotopic (exact) mass is 206 g/mol. The van der Waals surface area contributed by atoms with Gasteiger partial charge in [0.05, 0.1) is 6.61 Å². The van der Waals surface area contributed by atoms with E-state index >= 15 is 0 Å². The van der Waals surface area contributed by atoms with Crippen LogP contribution in [0.25, 0.3) is 0 Å². The van der Waals surface area contributed by atoms with E-state index in [-0.39, 0.29) is 0 Å². The Labute approximate surface area is 71.3 Å². The summed E-state index contributed by atoms with van der Waals surface area (Å²) >= 11 is 3.53. The van der Waals surface area contributed by atoms with E-state index in [0.717, 1.165) is 24.5 Å². The molecule has 10 heavy (non-hydrogen) atoms. The maximum atomic E-state index is 5.32. The van der Waals surface area contributed by atoms with Gasteiger partial charge in [-0.25, -0.2) is 0 Å². The molecule has 0 radical (unpaired) electrons. The fraction of sp³-hybridized carbons (Fsp3) is 1.00. The third-order valence-corrected chi connectivity index (χ3v) is 3.82. The van der Waals surface area contributed by atoms with Crippen LogP contribution in [0, 0.1) is 11.3 Å². The summed E-state index contributed by atoms with van der Waals surface area (Å²) in [5, 5.41) is 1.08. The van der Waals surface area contributed by atoms with Crippen LogP contribution in [-0.2, 0) is 4.74 Å². The summed E-state index contributed by atoms with van der Waals surface area (Å²) in [6.45, 7) is 6.50. The van der Waals surface area contributed by atoms with Gasteiger partial charge in [0.1, 0.15) is 0 Å². The lowest BCUT2D eigenvalue weighted by atomic mass is 9.80. The van der Waals surface area contributed by atoms with Gasteiger partial charge in [0.2, 0.25) is 0 Å². The SMILES string of the molecule is CC(C)(CBr)[C@@H]1CCOC1. The molecule has 0 amide bonds. The van der Waals surface area contributed by atoms with Crippen LogP contribution in [0.1, 0.15) is 20.3 Å². The third kappa shape index (κ3) is 1.73. The summed E-state index contributed by atoms with van der Waals surface area (Å²) in [6.07, 6.45) is 1.23. The Morgan fingerprint density at radius 2 is 2.30 bits per heavy atom. The van der Waals surface area contributed by atoms with Gasteiger partial charge in [-0.15, -0.1) is 0 Å². The van der Waals surface area contributed by atoms with E-state index in [2.05, 4.69) is 29.8 Å². The van der Waals surface area contributed by atoms with Crippen molar-refractivity contribution in [3.05, 3.63) is 0 Å². The quantitative estimate of drug-likeness (QED) is 0.632. The van der Waals surface area contributed by atoms with Crippen LogP contribution in [0.5, 0.6) is 0 Å². The smallest absolute Gasteiger partial charge is 0.0500 e. The molecule has 0 spiro atoms. The van der Waals surface area contributed by atoms with E-state index < -0.39 is 0 Å². The molecule has 0 unspecified atom stereocenters. The molecule has 0 aliphatic carbocycles. The Kier molecular flexibility index (Phi) is 2.75. The molecule has 0 aromatic carbocycles. The highest BCUT2D eigenvalue weighted by Gasteiger charge is 2.31. The highest BCUT2D eigenvalue weighted by molar-refractivity contribution is 9.09. The molecule has 1 aliphatic rings. The molecule has 1 rings (SSSR count). The molecule has 0 saturated carbocycles. The maximum Gasteiger partial charge on any atom is 0.0500 e. The number of rotatable bonds is 2. The van der Waals surface area contributed by atoms with Crippen molar-refractivity contribution >= 4 is 15.9 Å². The van der Waals surface area contributed by atoms with Crippen LogP contribution in [-0.4, -0.2) is 18.5 Å². The molecule has 1 fully saturated rings. The summed E-state index contributed by atoms with van der Waals surface area (Å²) in [5.74, 6) is 0.756. The van der Waals surface area contributed by atoms with Gasteiger partial charge in [-0.2, -0.15) is 0 Å². The molecule has 60 valence electrons. The van der Waals surface area contributed by atoms with E-state index in [9.17, 15) is 0 Å². The number of hydrogen-bond donors (Lipinski definition) is 0. The normalized spacial score (nSPS) is 27.3. The first-order chi connectivity index (χ1) is 4.67. The lowest BCUT2D eigenvalue weighted by Gasteiger charge is -2.27. The van der Waals surface area contributed by atoms with Crippen molar-refractivity contribution in [1.82, 2.24) is 0 Å². The number of alkyl halides is 1. The van der Waals surface area contributed by atoms with Crippen molar-refractivity contribution in [1.29, 1.82) is 0 Å². The lowest BCUT2D eigenvalue weighted by Crippen LogP contribution is -2.25. The van der Waals surface area contributed by atoms with E-state index in [1.165, 1.54) is 6.42 Å². The highest BCUT2D eigenvalue weighted by atomic mass is 79.9. The summed E-state index contributed by atoms with van der Waals surface area (Å²) in [5.41, 5.74) is 0.413. The van der Waals surface area contributed by atoms with E-state index in [1.807, 2.05) is 0 Å². The molecule has 2 heteroatoms. The Balaban J connectivity index is 2.45. The predicted molar refractivity (Wildman–Crippen MR) is 46.5 cm³/mol. The average molecular weight is 207 g/mol. The molecular formula is C8H15BrO. The zero-order valence-electron chi connectivity index (χ0n) is 6.69. The molecule has 1 saturated heterocycles. The van der Waals surface area contributed by atoms with Gasteiger partial charge in [0.25, 0.3) is 0 Å². The van der Waals surface area contributed by atoms with E-state index in [1.54, 1.807) is 0 Å². The standard InChI is InChI=1S/C8H15BrO/c1-8(2,6-9)7-3-4-10-5-7/h7H,3-6H2,1-2H3/t7-/m1/s1. The summed E-state index contributed by atoms with van der Waals surface area (Å²) in [4.78, 5) is 0. The molecule has 1 atom stereocenters. The second-order valence-electron chi connectivity index (χ2n) is 3.68. The Morgan fingerprint density at radius 1 is 1.60 bits per heavy atom. The highest BCUT2D eigenvalue weighted by Crippen LogP contribution is 2.34. The minimum Gasteiger partial charge on any atom is -0.381 e. The Bertz CT molecular complexity index is 106. The molecule has 1 heterocycles. The Morgan fingerprint density at radius 3 is 2.70 bits per heavy atom. The lowest BCUT2D eigenvalue weighted by molar-refractivity contribution is 0.154. The largest absolute Gasteiger partial charge is 0.381 e. The zero-order valence-corrected chi connectivity index (χ0v) is 8.28. The van der Waals surface area contributed by atoms with Crippen molar-refractivity contribution in [2.75, 3.05) is 18.5 Å². The molecule has 1 nitrogen and oxygen atoms in total. The van der Waals surface area contributed by atoms with Gasteiger partial charge < -0.3 is 4.74 Å². The molecule has 0 N–H and O–H groups in total. The van der Waals surface area contributed by atoms with Crippen molar-refractivity contribution < 1.29 is 4.74 Å². The van der Waals surface area contributed by atoms with Crippen LogP contribution in [0.4, 0.5) is 0 Å². The zero-order chi connectivity index (χ0) is 7.61. The van der Waals surface area contributed by atoms with Gasteiger partial charge in [0, 0.05) is 11.9 Å². The molecule has 0 bridgehead atoms. The summed E-state index contributed by atoms with van der Waals surface area (Å²) < 4.78 is 5.32. The van der Waals surface area contributed by atoms with E-state index in [0.29, 0.717) is 5.41 Å². The van der Waals surface area contributed by atoms with Crippen LogP contribution in [0.3, 0.4) is 0 Å². The summed E-state index contributed by atoms with van der Waals surface area (Å²) in [7, 11) is 0. The van der Waals surface area contributed by atoms with E-state index in [4.69, 9.17) is 4.74 Å². The van der Waals surface area contributed by atoms with Gasteiger partial charge >= 0.3 is 0 Å². The Hall–Kier alpha value is 0.440. The number of halogens is 1. The van der Waals surface area contributed by atoms with Crippen molar-refractivity contribution in [2.24, 2.45) is 11.3 Å². The van der Waals surface area contributed by atoms with Crippen LogP contribution in [0.15, 0.2) is 0 Å². The first-order valence-electron chi connectivity index (χ1n) is 3.80. The van der Waals surface area contributed by atoms with Crippen LogP contribution >= 0.6 is 15.9 Å². The topological polar surface area (TPSA) is 9.23 Å². The van der Waals surface area contributed by atoms with Gasteiger partial charge in [0.15, 0.2) is 0 Å². The number of hydrogen-bond acceptors (Lipinski definition) is 1. The van der Waals surface area contributed by atoms with Crippen LogP contribution < -0.4 is 0 Å². The minimum absolute atomic E-state index is 0.413. The van der Waals surface area contributed by atoms with Crippen LogP contribution in [0.2, 0.25) is 0 Å². The van der Waals surface area contributed by atoms with Crippen molar-refractivity contribution in [2.45, 2.75) is 20.3 Å². The molecular weight excluding hydrogens is 192 g/mol. The molecule has 1 aliphatic heterocycles. The first kappa shape index (κ1) is 8.54. The summed E-state index contributed by atoms with van der Waals surface area (Å²) in [6, 6.07) is 0. The molecule has 0 aromatic heterocycles. The number of ether oxygens (including phenoxy) is 1. The minimum atomic E-state index is 0.413. The van der Waals surface area contributed by atoms with Crippen molar-refractivity contribution in [3.8, 4) is 0 Å². The van der Waals surface area contributed by atoms with Gasteiger partial charge in [-0.1, -0.05) is 29.8 Å². The average Bonchev–Trinajstić information content (AvgIpc) is 2.38. The van der Waals surface area contributed by atoms with Gasteiger partial charge in [-0.3, -0.25) is 0 Å². The third-order valence-electron chi connectivity index (χ3n) is 2.38. The van der Waals surface area contributed by atoms with Crippen molar-refractivity contribution in [3.63, 3.8) is 0 Å².